The van der Waals surface area contributed by atoms with Gasteiger partial charge >= 0.3 is 0 Å². The average Bonchev–Trinajstić information content (AvgIpc) is 3.44. The minimum atomic E-state index is 0.412. The Morgan fingerprint density at radius 3 is 2.90 bits per heavy atom. The first kappa shape index (κ1) is 20.0. The molecule has 31 heavy (non-hydrogen) atoms. The van der Waals surface area contributed by atoms with Crippen LogP contribution in [0.3, 0.4) is 0 Å². The Morgan fingerprint density at radius 2 is 2.10 bits per heavy atom. The standard InChI is InChI=1S/C23H25N7S/c1-16-5-7-26-13-22(16)31-21-8-17(14-30-23(21)18(9-24-2)10-28-30)19-11-27-29(15-19)20-4-3-6-25-12-20/h5,7-11,13-15,20,25H,3-4,6,12H2,1-2H3/b24-9-/t20-/m0/s1. The van der Waals surface area contributed by atoms with Crippen molar-refractivity contribution in [3.05, 3.63) is 60.4 Å². The van der Waals surface area contributed by atoms with E-state index in [2.05, 4.69) is 55.6 Å². The van der Waals surface area contributed by atoms with Gasteiger partial charge in [0.25, 0.3) is 0 Å². The molecular weight excluding hydrogens is 406 g/mol. The fraction of sp³-hybridized carbons (Fsp3) is 0.304. The molecule has 5 heterocycles. The number of hydrogen-bond acceptors (Lipinski definition) is 6. The van der Waals surface area contributed by atoms with Crippen LogP contribution in [0.5, 0.6) is 0 Å². The maximum absolute atomic E-state index is 4.67. The molecule has 0 unspecified atom stereocenters. The number of aromatic nitrogens is 5. The Balaban J connectivity index is 1.58. The molecule has 1 aliphatic heterocycles. The Kier molecular flexibility index (Phi) is 5.57. The van der Waals surface area contributed by atoms with Crippen LogP contribution in [0.25, 0.3) is 16.6 Å². The number of rotatable bonds is 5. The summed E-state index contributed by atoms with van der Waals surface area (Å²) in [6.07, 6.45) is 16.0. The highest BCUT2D eigenvalue weighted by molar-refractivity contribution is 7.99. The minimum Gasteiger partial charge on any atom is -0.315 e. The first-order valence-corrected chi connectivity index (χ1v) is 11.3. The SMILES string of the molecule is C/N=C\c1cnn2cc(-c3cnn([C@H]4CCCNC4)c3)cc(Sc3cnccc3C)c12. The van der Waals surface area contributed by atoms with Crippen LogP contribution in [0.2, 0.25) is 0 Å². The van der Waals surface area contributed by atoms with Gasteiger partial charge in [-0.05, 0) is 44.0 Å². The number of fused-ring (bicyclic) bond motifs is 1. The smallest absolute Gasteiger partial charge is 0.0889 e. The summed E-state index contributed by atoms with van der Waals surface area (Å²) in [4.78, 5) is 10.8. The predicted molar refractivity (Wildman–Crippen MR) is 124 cm³/mol. The van der Waals surface area contributed by atoms with Crippen molar-refractivity contribution < 1.29 is 0 Å². The van der Waals surface area contributed by atoms with E-state index in [-0.39, 0.29) is 0 Å². The fourth-order valence-electron chi connectivity index (χ4n) is 4.00. The van der Waals surface area contributed by atoms with Crippen molar-refractivity contribution in [2.75, 3.05) is 20.1 Å². The van der Waals surface area contributed by atoms with Gasteiger partial charge < -0.3 is 5.32 Å². The third kappa shape index (κ3) is 4.00. The van der Waals surface area contributed by atoms with Crippen molar-refractivity contribution >= 4 is 23.5 Å². The van der Waals surface area contributed by atoms with E-state index in [1.807, 2.05) is 41.6 Å². The Morgan fingerprint density at radius 1 is 1.16 bits per heavy atom. The van der Waals surface area contributed by atoms with E-state index in [4.69, 9.17) is 0 Å². The number of hydrogen-bond donors (Lipinski definition) is 1. The molecule has 158 valence electrons. The Labute approximate surface area is 185 Å². The van der Waals surface area contributed by atoms with Crippen LogP contribution >= 0.6 is 11.8 Å². The van der Waals surface area contributed by atoms with Crippen LogP contribution < -0.4 is 5.32 Å². The highest BCUT2D eigenvalue weighted by Gasteiger charge is 2.18. The molecule has 5 rings (SSSR count). The monoisotopic (exact) mass is 431 g/mol. The second kappa shape index (κ2) is 8.64. The highest BCUT2D eigenvalue weighted by atomic mass is 32.2. The number of pyridine rings is 2. The summed E-state index contributed by atoms with van der Waals surface area (Å²) in [6, 6.07) is 4.67. The normalized spacial score (nSPS) is 17.0. The first-order valence-electron chi connectivity index (χ1n) is 10.5. The van der Waals surface area contributed by atoms with E-state index >= 15 is 0 Å². The van der Waals surface area contributed by atoms with Gasteiger partial charge in [-0.1, -0.05) is 11.8 Å². The lowest BCUT2D eigenvalue weighted by molar-refractivity contribution is 0.347. The lowest BCUT2D eigenvalue weighted by Crippen LogP contribution is -2.31. The van der Waals surface area contributed by atoms with Crippen molar-refractivity contribution in [2.24, 2.45) is 4.99 Å². The molecule has 0 bridgehead atoms. The van der Waals surface area contributed by atoms with Gasteiger partial charge in [-0.2, -0.15) is 10.2 Å². The van der Waals surface area contributed by atoms with Crippen molar-refractivity contribution in [1.82, 2.24) is 29.7 Å². The van der Waals surface area contributed by atoms with Crippen LogP contribution in [-0.2, 0) is 0 Å². The molecule has 1 fully saturated rings. The van der Waals surface area contributed by atoms with E-state index in [1.165, 1.54) is 12.0 Å². The quantitative estimate of drug-likeness (QED) is 0.483. The first-order chi connectivity index (χ1) is 15.2. The summed E-state index contributed by atoms with van der Waals surface area (Å²) >= 11 is 1.71. The Bertz CT molecular complexity index is 1230. The van der Waals surface area contributed by atoms with Crippen molar-refractivity contribution in [1.29, 1.82) is 0 Å². The lowest BCUT2D eigenvalue weighted by atomic mass is 10.1. The van der Waals surface area contributed by atoms with Gasteiger partial charge in [-0.3, -0.25) is 14.7 Å². The molecule has 0 amide bonds. The maximum Gasteiger partial charge on any atom is 0.0889 e. The number of aryl methyl sites for hydroxylation is 1. The molecule has 1 N–H and O–H groups in total. The zero-order valence-electron chi connectivity index (χ0n) is 17.7. The number of nitrogens with zero attached hydrogens (tertiary/aromatic N) is 6. The molecule has 8 heteroatoms. The van der Waals surface area contributed by atoms with E-state index in [0.717, 1.165) is 51.5 Å². The van der Waals surface area contributed by atoms with Gasteiger partial charge in [0, 0.05) is 71.1 Å². The molecule has 1 aliphatic rings. The fourth-order valence-corrected chi connectivity index (χ4v) is 5.07. The highest BCUT2D eigenvalue weighted by Crippen LogP contribution is 2.36. The molecule has 0 aliphatic carbocycles. The molecule has 4 aromatic rings. The van der Waals surface area contributed by atoms with E-state index in [1.54, 1.807) is 18.8 Å². The molecule has 0 aromatic carbocycles. The summed E-state index contributed by atoms with van der Waals surface area (Å²) in [7, 11) is 1.78. The lowest BCUT2D eigenvalue weighted by Gasteiger charge is -2.22. The second-order valence-corrected chi connectivity index (χ2v) is 8.91. The van der Waals surface area contributed by atoms with Gasteiger partial charge in [-0.15, -0.1) is 0 Å². The average molecular weight is 432 g/mol. The van der Waals surface area contributed by atoms with E-state index in [9.17, 15) is 0 Å². The maximum atomic E-state index is 4.67. The zero-order valence-corrected chi connectivity index (χ0v) is 18.5. The summed E-state index contributed by atoms with van der Waals surface area (Å²) in [5.41, 5.74) is 5.44. The molecule has 4 aromatic heterocycles. The van der Waals surface area contributed by atoms with Gasteiger partial charge in [0.2, 0.25) is 0 Å². The number of aliphatic imine (C=N–C) groups is 1. The van der Waals surface area contributed by atoms with Crippen molar-refractivity contribution in [3.8, 4) is 11.1 Å². The largest absolute Gasteiger partial charge is 0.315 e. The summed E-state index contributed by atoms with van der Waals surface area (Å²) in [5, 5.41) is 12.7. The number of piperidine rings is 1. The second-order valence-electron chi connectivity index (χ2n) is 7.83. The molecule has 7 nitrogen and oxygen atoms in total. The molecule has 0 radical (unpaired) electrons. The van der Waals surface area contributed by atoms with Crippen molar-refractivity contribution in [3.63, 3.8) is 0 Å². The number of nitrogens with one attached hydrogen (secondary N) is 1. The van der Waals surface area contributed by atoms with Crippen molar-refractivity contribution in [2.45, 2.75) is 35.6 Å². The zero-order chi connectivity index (χ0) is 21.2. The molecule has 0 spiro atoms. The molecule has 0 saturated carbocycles. The van der Waals surface area contributed by atoms with Crippen LogP contribution in [0.15, 0.2) is 64.1 Å². The van der Waals surface area contributed by atoms with Crippen LogP contribution in [0.1, 0.15) is 30.0 Å². The predicted octanol–water partition coefficient (Wildman–Crippen LogP) is 4.03. The van der Waals surface area contributed by atoms with E-state index < -0.39 is 0 Å². The van der Waals surface area contributed by atoms with Crippen LogP contribution in [-0.4, -0.2) is 50.7 Å². The Hall–Kier alpha value is -2.97. The van der Waals surface area contributed by atoms with E-state index in [0.29, 0.717) is 6.04 Å². The third-order valence-electron chi connectivity index (χ3n) is 5.66. The van der Waals surface area contributed by atoms with Crippen LogP contribution in [0, 0.1) is 6.92 Å². The molecule has 1 saturated heterocycles. The van der Waals surface area contributed by atoms with Crippen LogP contribution in [0.4, 0.5) is 0 Å². The topological polar surface area (TPSA) is 72.4 Å². The van der Waals surface area contributed by atoms with Gasteiger partial charge in [0.1, 0.15) is 0 Å². The summed E-state index contributed by atoms with van der Waals surface area (Å²) in [6.45, 7) is 4.18. The summed E-state index contributed by atoms with van der Waals surface area (Å²) < 4.78 is 4.04. The molecular formula is C23H25N7S. The van der Waals surface area contributed by atoms with Gasteiger partial charge in [-0.25, -0.2) is 4.52 Å². The van der Waals surface area contributed by atoms with Gasteiger partial charge in [0.15, 0.2) is 0 Å². The molecule has 1 atom stereocenters. The summed E-state index contributed by atoms with van der Waals surface area (Å²) in [5.74, 6) is 0. The minimum absolute atomic E-state index is 0.412. The van der Waals surface area contributed by atoms with Gasteiger partial charge in [0.05, 0.1) is 24.0 Å². The third-order valence-corrected chi connectivity index (χ3v) is 6.84.